The van der Waals surface area contributed by atoms with E-state index >= 15 is 0 Å². The molecule has 0 aliphatic rings. The molecule has 0 saturated carbocycles. The maximum absolute atomic E-state index is 12.9. The first-order chi connectivity index (χ1) is 12.3. The van der Waals surface area contributed by atoms with Crippen molar-refractivity contribution in [3.8, 4) is 5.75 Å². The number of ether oxygens (including phenoxy) is 1. The third-order valence-electron chi connectivity index (χ3n) is 3.97. The van der Waals surface area contributed by atoms with Crippen LogP contribution in [0, 0.1) is 5.82 Å². The summed E-state index contributed by atoms with van der Waals surface area (Å²) in [6, 6.07) is 25.0. The number of benzene rings is 3. The Morgan fingerprint density at radius 3 is 2.24 bits per heavy atom. The van der Waals surface area contributed by atoms with Gasteiger partial charge in [0.2, 0.25) is 0 Å². The first-order valence-corrected chi connectivity index (χ1v) is 8.50. The maximum Gasteiger partial charge on any atom is 0.123 e. The first kappa shape index (κ1) is 17.2. The van der Waals surface area contributed by atoms with E-state index in [9.17, 15) is 4.39 Å². The molecule has 0 bridgehead atoms. The van der Waals surface area contributed by atoms with Crippen molar-refractivity contribution in [1.29, 1.82) is 0 Å². The number of hydrogen-bond donors (Lipinski definition) is 1. The molecule has 0 heterocycles. The average molecular weight is 335 g/mol. The second-order valence-electron chi connectivity index (χ2n) is 5.96. The predicted octanol–water partition coefficient (Wildman–Crippen LogP) is 4.74. The van der Waals surface area contributed by atoms with Gasteiger partial charge in [0.05, 0.1) is 6.61 Å². The van der Waals surface area contributed by atoms with Crippen molar-refractivity contribution in [3.63, 3.8) is 0 Å². The predicted molar refractivity (Wildman–Crippen MR) is 99.0 cm³/mol. The zero-order chi connectivity index (χ0) is 17.3. The lowest BCUT2D eigenvalue weighted by molar-refractivity contribution is 0.321. The second kappa shape index (κ2) is 9.00. The van der Waals surface area contributed by atoms with Gasteiger partial charge in [0.1, 0.15) is 11.6 Å². The highest BCUT2D eigenvalue weighted by molar-refractivity contribution is 5.28. The summed E-state index contributed by atoms with van der Waals surface area (Å²) < 4.78 is 18.8. The van der Waals surface area contributed by atoms with E-state index < -0.39 is 0 Å². The highest BCUT2D eigenvalue weighted by Gasteiger charge is 1.99. The normalized spacial score (nSPS) is 10.6. The van der Waals surface area contributed by atoms with Crippen LogP contribution in [0.2, 0.25) is 0 Å². The number of hydrogen-bond acceptors (Lipinski definition) is 2. The van der Waals surface area contributed by atoms with Crippen LogP contribution in [0.4, 0.5) is 4.39 Å². The molecule has 0 unspecified atom stereocenters. The Morgan fingerprint density at radius 1 is 0.720 bits per heavy atom. The van der Waals surface area contributed by atoms with Crippen molar-refractivity contribution in [3.05, 3.63) is 101 Å². The van der Waals surface area contributed by atoms with Gasteiger partial charge in [-0.05, 0) is 41.0 Å². The van der Waals surface area contributed by atoms with Crippen molar-refractivity contribution in [2.24, 2.45) is 0 Å². The van der Waals surface area contributed by atoms with Crippen LogP contribution in [0.25, 0.3) is 0 Å². The highest BCUT2D eigenvalue weighted by atomic mass is 19.1. The molecule has 128 valence electrons. The zero-order valence-electron chi connectivity index (χ0n) is 14.1. The molecular formula is C22H22FNO. The summed E-state index contributed by atoms with van der Waals surface area (Å²) in [6.45, 7) is 2.11. The molecule has 0 aliphatic carbocycles. The summed E-state index contributed by atoms with van der Waals surface area (Å²) in [5, 5.41) is 3.37. The van der Waals surface area contributed by atoms with Crippen LogP contribution in [0.5, 0.6) is 5.75 Å². The smallest absolute Gasteiger partial charge is 0.123 e. The summed E-state index contributed by atoms with van der Waals surface area (Å²) in [4.78, 5) is 0. The molecular weight excluding hydrogens is 313 g/mol. The number of halogens is 1. The fourth-order valence-electron chi connectivity index (χ4n) is 2.63. The van der Waals surface area contributed by atoms with Crippen LogP contribution in [0.1, 0.15) is 16.7 Å². The first-order valence-electron chi connectivity index (χ1n) is 8.50. The lowest BCUT2D eigenvalue weighted by atomic mass is 10.1. The summed E-state index contributed by atoms with van der Waals surface area (Å²) in [7, 11) is 0. The lowest BCUT2D eigenvalue weighted by Gasteiger charge is -2.09. The molecule has 3 aromatic rings. The van der Waals surface area contributed by atoms with Gasteiger partial charge in [0, 0.05) is 19.5 Å². The largest absolute Gasteiger partial charge is 0.493 e. The number of nitrogens with one attached hydrogen (secondary N) is 1. The topological polar surface area (TPSA) is 21.3 Å². The third-order valence-corrected chi connectivity index (χ3v) is 3.97. The summed E-state index contributed by atoms with van der Waals surface area (Å²) in [6.07, 6.45) is 0.897. The lowest BCUT2D eigenvalue weighted by Crippen LogP contribution is -2.12. The van der Waals surface area contributed by atoms with Crippen LogP contribution in [0.15, 0.2) is 78.9 Å². The minimum atomic E-state index is -0.205. The van der Waals surface area contributed by atoms with E-state index in [1.165, 1.54) is 23.3 Å². The molecule has 0 atom stereocenters. The molecule has 0 saturated heterocycles. The molecule has 0 fully saturated rings. The van der Waals surface area contributed by atoms with Crippen molar-refractivity contribution in [1.82, 2.24) is 5.32 Å². The maximum atomic E-state index is 12.9. The van der Waals surface area contributed by atoms with Gasteiger partial charge < -0.3 is 10.1 Å². The Labute approximate surface area is 148 Å². The van der Waals surface area contributed by atoms with E-state index in [0.29, 0.717) is 13.2 Å². The molecule has 25 heavy (non-hydrogen) atoms. The number of rotatable bonds is 8. The van der Waals surface area contributed by atoms with E-state index in [2.05, 4.69) is 29.6 Å². The quantitative estimate of drug-likeness (QED) is 0.642. The van der Waals surface area contributed by atoms with E-state index in [-0.39, 0.29) is 5.82 Å². The van der Waals surface area contributed by atoms with Crippen molar-refractivity contribution < 1.29 is 9.13 Å². The van der Waals surface area contributed by atoms with Gasteiger partial charge in [0.25, 0.3) is 0 Å². The van der Waals surface area contributed by atoms with Crippen LogP contribution >= 0.6 is 0 Å². The molecule has 0 radical (unpaired) electrons. The molecule has 0 amide bonds. The minimum absolute atomic E-state index is 0.205. The van der Waals surface area contributed by atoms with Gasteiger partial charge in [-0.25, -0.2) is 4.39 Å². The van der Waals surface area contributed by atoms with Crippen LogP contribution in [0.3, 0.4) is 0 Å². The Bertz CT molecular complexity index is 772. The molecule has 3 heteroatoms. The molecule has 1 N–H and O–H groups in total. The Morgan fingerprint density at radius 2 is 1.44 bits per heavy atom. The standard InChI is InChI=1S/C22H22FNO/c23-21-11-9-19(10-12-21)16-24-17-20-7-4-8-22(15-20)25-14-13-18-5-2-1-3-6-18/h1-12,15,24H,13-14,16-17H2. The van der Waals surface area contributed by atoms with Crippen LogP contribution < -0.4 is 10.1 Å². The van der Waals surface area contributed by atoms with Gasteiger partial charge in [-0.2, -0.15) is 0 Å². The SMILES string of the molecule is Fc1ccc(CNCc2cccc(OCCc3ccccc3)c2)cc1. The minimum Gasteiger partial charge on any atom is -0.493 e. The van der Waals surface area contributed by atoms with Crippen molar-refractivity contribution >= 4 is 0 Å². The molecule has 0 spiro atoms. The molecule has 0 aromatic heterocycles. The van der Waals surface area contributed by atoms with E-state index in [1.807, 2.05) is 30.3 Å². The summed E-state index contributed by atoms with van der Waals surface area (Å²) in [5.74, 6) is 0.682. The summed E-state index contributed by atoms with van der Waals surface area (Å²) >= 11 is 0. The Hall–Kier alpha value is -2.65. The van der Waals surface area contributed by atoms with Gasteiger partial charge in [-0.3, -0.25) is 0 Å². The van der Waals surface area contributed by atoms with Gasteiger partial charge >= 0.3 is 0 Å². The van der Waals surface area contributed by atoms with E-state index in [1.54, 1.807) is 12.1 Å². The van der Waals surface area contributed by atoms with Crippen LogP contribution in [-0.4, -0.2) is 6.61 Å². The monoisotopic (exact) mass is 335 g/mol. The fourth-order valence-corrected chi connectivity index (χ4v) is 2.63. The second-order valence-corrected chi connectivity index (χ2v) is 5.96. The van der Waals surface area contributed by atoms with Gasteiger partial charge in [-0.15, -0.1) is 0 Å². The summed E-state index contributed by atoms with van der Waals surface area (Å²) in [5.41, 5.74) is 3.51. The highest BCUT2D eigenvalue weighted by Crippen LogP contribution is 2.14. The van der Waals surface area contributed by atoms with Crippen LogP contribution in [-0.2, 0) is 19.5 Å². The molecule has 2 nitrogen and oxygen atoms in total. The Kier molecular flexibility index (Phi) is 6.18. The zero-order valence-corrected chi connectivity index (χ0v) is 14.1. The fraction of sp³-hybridized carbons (Fsp3) is 0.182. The van der Waals surface area contributed by atoms with Crippen molar-refractivity contribution in [2.45, 2.75) is 19.5 Å². The Balaban J connectivity index is 1.45. The van der Waals surface area contributed by atoms with Crippen molar-refractivity contribution in [2.75, 3.05) is 6.61 Å². The van der Waals surface area contributed by atoms with E-state index in [4.69, 9.17) is 4.74 Å². The van der Waals surface area contributed by atoms with Gasteiger partial charge in [-0.1, -0.05) is 54.6 Å². The average Bonchev–Trinajstić information content (AvgIpc) is 2.65. The molecule has 0 aliphatic heterocycles. The molecule has 3 aromatic carbocycles. The van der Waals surface area contributed by atoms with Gasteiger partial charge in [0.15, 0.2) is 0 Å². The third kappa shape index (κ3) is 5.73. The van der Waals surface area contributed by atoms with E-state index in [0.717, 1.165) is 24.3 Å². The molecule has 3 rings (SSSR count).